The molecule has 2 N–H and O–H groups in total. The van der Waals surface area contributed by atoms with Crippen LogP contribution in [0.25, 0.3) is 10.9 Å². The number of fused-ring (bicyclic) bond motifs is 1. The maximum Gasteiger partial charge on any atom is 0.0854 e. The summed E-state index contributed by atoms with van der Waals surface area (Å²) in [7, 11) is 2.05. The molecule has 0 bridgehead atoms. The number of rotatable bonds is 2. The summed E-state index contributed by atoms with van der Waals surface area (Å²) in [5, 5.41) is 1.27. The first kappa shape index (κ1) is 9.74. The van der Waals surface area contributed by atoms with Crippen LogP contribution in [0, 0.1) is 0 Å². The molecule has 3 heteroatoms. The van der Waals surface area contributed by atoms with Gasteiger partial charge in [0.05, 0.1) is 4.60 Å². The van der Waals surface area contributed by atoms with E-state index in [4.69, 9.17) is 5.73 Å². The highest BCUT2D eigenvalue weighted by atomic mass is 79.9. The Labute approximate surface area is 91.8 Å². The molecule has 2 aromatic rings. The smallest absolute Gasteiger partial charge is 0.0854 e. The number of aryl methyl sites for hydroxylation is 1. The lowest BCUT2D eigenvalue weighted by Gasteiger charge is -2.00. The normalized spacial score (nSPS) is 11.1. The maximum absolute atomic E-state index is 5.53. The average Bonchev–Trinajstić information content (AvgIpc) is 2.43. The van der Waals surface area contributed by atoms with Crippen molar-refractivity contribution in [3.8, 4) is 0 Å². The van der Waals surface area contributed by atoms with Gasteiger partial charge in [-0.25, -0.2) is 0 Å². The van der Waals surface area contributed by atoms with Crippen LogP contribution in [-0.4, -0.2) is 11.1 Å². The zero-order valence-electron chi connectivity index (χ0n) is 8.13. The number of nitrogens with two attached hydrogens (primary N) is 1. The van der Waals surface area contributed by atoms with Gasteiger partial charge in [0.2, 0.25) is 0 Å². The first-order valence-electron chi connectivity index (χ1n) is 4.66. The Morgan fingerprint density at radius 1 is 1.36 bits per heavy atom. The van der Waals surface area contributed by atoms with E-state index in [0.717, 1.165) is 11.0 Å². The molecule has 1 aromatic heterocycles. The molecular formula is C11H13BrN2. The van der Waals surface area contributed by atoms with Gasteiger partial charge in [0, 0.05) is 18.0 Å². The summed E-state index contributed by atoms with van der Waals surface area (Å²) in [6.07, 6.45) is 0.947. The van der Waals surface area contributed by atoms with Gasteiger partial charge >= 0.3 is 0 Å². The number of hydrogen-bond acceptors (Lipinski definition) is 1. The van der Waals surface area contributed by atoms with Crippen LogP contribution in [0.15, 0.2) is 28.9 Å². The third kappa shape index (κ3) is 1.57. The number of benzene rings is 1. The quantitative estimate of drug-likeness (QED) is 0.875. The fraction of sp³-hybridized carbons (Fsp3) is 0.273. The summed E-state index contributed by atoms with van der Waals surface area (Å²) in [5.41, 5.74) is 8.08. The SMILES string of the molecule is Cn1c(Br)cc2cc(CCN)ccc21. The lowest BCUT2D eigenvalue weighted by Crippen LogP contribution is -2.02. The van der Waals surface area contributed by atoms with Gasteiger partial charge in [-0.2, -0.15) is 0 Å². The maximum atomic E-state index is 5.53. The van der Waals surface area contributed by atoms with Crippen molar-refractivity contribution in [2.24, 2.45) is 12.8 Å². The second kappa shape index (κ2) is 3.75. The van der Waals surface area contributed by atoms with Gasteiger partial charge in [0.15, 0.2) is 0 Å². The molecule has 0 aliphatic heterocycles. The molecule has 0 atom stereocenters. The van der Waals surface area contributed by atoms with Gasteiger partial charge in [0.25, 0.3) is 0 Å². The molecule has 1 heterocycles. The average molecular weight is 253 g/mol. The fourth-order valence-corrected chi connectivity index (χ4v) is 2.13. The van der Waals surface area contributed by atoms with Crippen LogP contribution in [0.5, 0.6) is 0 Å². The topological polar surface area (TPSA) is 30.9 Å². The molecular weight excluding hydrogens is 240 g/mol. The zero-order chi connectivity index (χ0) is 10.1. The molecule has 0 aliphatic rings. The van der Waals surface area contributed by atoms with Crippen molar-refractivity contribution in [2.45, 2.75) is 6.42 Å². The Hall–Kier alpha value is -0.800. The first-order chi connectivity index (χ1) is 6.72. The molecule has 0 fully saturated rings. The fourth-order valence-electron chi connectivity index (χ4n) is 1.69. The third-order valence-corrected chi connectivity index (χ3v) is 3.24. The van der Waals surface area contributed by atoms with Crippen molar-refractivity contribution in [3.05, 3.63) is 34.4 Å². The van der Waals surface area contributed by atoms with Crippen molar-refractivity contribution in [1.29, 1.82) is 0 Å². The van der Waals surface area contributed by atoms with Gasteiger partial charge in [-0.05, 0) is 52.7 Å². The zero-order valence-corrected chi connectivity index (χ0v) is 9.71. The monoisotopic (exact) mass is 252 g/mol. The van der Waals surface area contributed by atoms with E-state index in [1.807, 2.05) is 0 Å². The predicted octanol–water partition coefficient (Wildman–Crippen LogP) is 2.44. The Morgan fingerprint density at radius 3 is 2.86 bits per heavy atom. The van der Waals surface area contributed by atoms with Crippen LogP contribution >= 0.6 is 15.9 Å². The van der Waals surface area contributed by atoms with Crippen LogP contribution in [0.1, 0.15) is 5.56 Å². The first-order valence-corrected chi connectivity index (χ1v) is 5.45. The Morgan fingerprint density at radius 2 is 2.14 bits per heavy atom. The molecule has 0 spiro atoms. The second-order valence-electron chi connectivity index (χ2n) is 3.46. The van der Waals surface area contributed by atoms with Crippen LogP contribution in [0.4, 0.5) is 0 Å². The van der Waals surface area contributed by atoms with E-state index < -0.39 is 0 Å². The van der Waals surface area contributed by atoms with E-state index in [0.29, 0.717) is 6.54 Å². The number of aromatic nitrogens is 1. The number of halogens is 1. The van der Waals surface area contributed by atoms with Crippen LogP contribution in [-0.2, 0) is 13.5 Å². The Kier molecular flexibility index (Phi) is 2.61. The Balaban J connectivity index is 2.56. The highest BCUT2D eigenvalue weighted by Gasteiger charge is 2.03. The molecule has 0 saturated heterocycles. The molecule has 0 radical (unpaired) electrons. The molecule has 0 amide bonds. The second-order valence-corrected chi connectivity index (χ2v) is 4.27. The van der Waals surface area contributed by atoms with Gasteiger partial charge in [-0.1, -0.05) is 6.07 Å². The number of nitrogens with zero attached hydrogens (tertiary/aromatic N) is 1. The largest absolute Gasteiger partial charge is 0.338 e. The third-order valence-electron chi connectivity index (χ3n) is 2.48. The summed E-state index contributed by atoms with van der Waals surface area (Å²) >= 11 is 3.51. The van der Waals surface area contributed by atoms with E-state index in [2.05, 4.69) is 51.8 Å². The van der Waals surface area contributed by atoms with Gasteiger partial charge in [-0.15, -0.1) is 0 Å². The van der Waals surface area contributed by atoms with Crippen LogP contribution in [0.3, 0.4) is 0 Å². The summed E-state index contributed by atoms with van der Waals surface area (Å²) in [5.74, 6) is 0. The highest BCUT2D eigenvalue weighted by molar-refractivity contribution is 9.10. The molecule has 2 nitrogen and oxygen atoms in total. The summed E-state index contributed by atoms with van der Waals surface area (Å²) in [4.78, 5) is 0. The predicted molar refractivity (Wildman–Crippen MR) is 63.4 cm³/mol. The minimum atomic E-state index is 0.708. The van der Waals surface area contributed by atoms with Crippen LogP contribution < -0.4 is 5.73 Å². The van der Waals surface area contributed by atoms with Crippen molar-refractivity contribution < 1.29 is 0 Å². The number of hydrogen-bond donors (Lipinski definition) is 1. The summed E-state index contributed by atoms with van der Waals surface area (Å²) < 4.78 is 3.24. The minimum absolute atomic E-state index is 0.708. The molecule has 74 valence electrons. The van der Waals surface area contributed by atoms with Crippen molar-refractivity contribution in [2.75, 3.05) is 6.54 Å². The van der Waals surface area contributed by atoms with E-state index in [-0.39, 0.29) is 0 Å². The van der Waals surface area contributed by atoms with Gasteiger partial charge < -0.3 is 10.3 Å². The minimum Gasteiger partial charge on any atom is -0.338 e. The van der Waals surface area contributed by atoms with E-state index in [9.17, 15) is 0 Å². The lowest BCUT2D eigenvalue weighted by molar-refractivity contribution is 0.939. The molecule has 1 aromatic carbocycles. The van der Waals surface area contributed by atoms with E-state index in [1.54, 1.807) is 0 Å². The molecule has 0 aliphatic carbocycles. The molecule has 14 heavy (non-hydrogen) atoms. The lowest BCUT2D eigenvalue weighted by atomic mass is 10.1. The van der Waals surface area contributed by atoms with Crippen molar-refractivity contribution in [3.63, 3.8) is 0 Å². The van der Waals surface area contributed by atoms with Crippen LogP contribution in [0.2, 0.25) is 0 Å². The summed E-state index contributed by atoms with van der Waals surface area (Å²) in [6, 6.07) is 8.62. The summed E-state index contributed by atoms with van der Waals surface area (Å²) in [6.45, 7) is 0.708. The van der Waals surface area contributed by atoms with E-state index in [1.165, 1.54) is 16.5 Å². The Bertz CT molecular complexity index is 460. The van der Waals surface area contributed by atoms with E-state index >= 15 is 0 Å². The molecule has 0 saturated carbocycles. The van der Waals surface area contributed by atoms with Gasteiger partial charge in [-0.3, -0.25) is 0 Å². The molecule has 0 unspecified atom stereocenters. The van der Waals surface area contributed by atoms with Crippen molar-refractivity contribution >= 4 is 26.8 Å². The highest BCUT2D eigenvalue weighted by Crippen LogP contribution is 2.23. The van der Waals surface area contributed by atoms with Crippen molar-refractivity contribution in [1.82, 2.24) is 4.57 Å². The van der Waals surface area contributed by atoms with Gasteiger partial charge in [0.1, 0.15) is 0 Å². The standard InChI is InChI=1S/C11H13BrN2/c1-14-10-3-2-8(4-5-13)6-9(10)7-11(14)12/h2-3,6-7H,4-5,13H2,1H3. The molecule has 2 rings (SSSR count).